The summed E-state index contributed by atoms with van der Waals surface area (Å²) in [6, 6.07) is 12.7. The fourth-order valence-electron chi connectivity index (χ4n) is 12.5. The van der Waals surface area contributed by atoms with E-state index in [1.54, 1.807) is 47.7 Å². The second kappa shape index (κ2) is 26.3. The molecule has 7 heterocycles. The Labute approximate surface area is 469 Å². The lowest BCUT2D eigenvalue weighted by Gasteiger charge is -2.38. The average molecular weight is 1100 g/mol. The number of pyridine rings is 1. The van der Waals surface area contributed by atoms with Crippen LogP contribution in [0.2, 0.25) is 0 Å². The molecule has 3 fully saturated rings. The number of nitrogen functional groups attached to an aromatic ring is 1. The quantitative estimate of drug-likeness (QED) is 0.0432. The monoisotopic (exact) mass is 1100 g/mol. The number of hydrogen-bond donors (Lipinski definition) is 2. The first-order valence-corrected chi connectivity index (χ1v) is 29.8. The number of hydrogen-bond acceptors (Lipinski definition) is 13. The summed E-state index contributed by atoms with van der Waals surface area (Å²) >= 11 is 1.60. The van der Waals surface area contributed by atoms with Crippen molar-refractivity contribution in [3.05, 3.63) is 99.9 Å². The first kappa shape index (κ1) is 57.4. The molecule has 3 N–H and O–H groups in total. The molecule has 5 aliphatic rings. The van der Waals surface area contributed by atoms with E-state index < -0.39 is 11.9 Å². The number of rotatable bonds is 22. The number of Topliss-reactive ketones (excluding diaryl/α,β-unsaturated/α-hetero) is 3. The number of benzene rings is 2. The van der Waals surface area contributed by atoms with Gasteiger partial charge in [0.05, 0.1) is 47.6 Å². The number of nitrogens with one attached hydrogen (secondary N) is 1. The lowest BCUT2D eigenvalue weighted by molar-refractivity contribution is -0.140. The number of aryl methyl sites for hydroxylation is 2. The predicted molar refractivity (Wildman–Crippen MR) is 309 cm³/mol. The molecule has 5 aliphatic heterocycles. The maximum Gasteiger partial charge on any atom is 0.303 e. The van der Waals surface area contributed by atoms with E-state index in [2.05, 4.69) is 24.9 Å². The summed E-state index contributed by atoms with van der Waals surface area (Å²) in [5, 5.41) is 8.68. The van der Waals surface area contributed by atoms with Crippen molar-refractivity contribution in [2.24, 2.45) is 16.8 Å². The molecule has 18 heteroatoms. The normalized spacial score (nSPS) is 20.4. The van der Waals surface area contributed by atoms with Crippen LogP contribution in [0.5, 0.6) is 0 Å². The number of carbonyl (C=O) groups excluding carboxylic acids is 5. The summed E-state index contributed by atoms with van der Waals surface area (Å²) in [7, 11) is 3.49. The molecule has 2 aromatic carbocycles. The highest BCUT2D eigenvalue weighted by atomic mass is 32.2. The number of likely N-dealkylation sites (tertiary alicyclic amines) is 2. The van der Waals surface area contributed by atoms with E-state index >= 15 is 0 Å². The third kappa shape index (κ3) is 13.3. The Kier molecular flexibility index (Phi) is 19.1. The number of amides is 2. The van der Waals surface area contributed by atoms with E-state index in [9.17, 15) is 28.4 Å². The van der Waals surface area contributed by atoms with Crippen LogP contribution in [0.3, 0.4) is 0 Å². The molecular weight excluding hydrogens is 1020 g/mol. The molecule has 2 amide bonds. The van der Waals surface area contributed by atoms with Gasteiger partial charge in [-0.05, 0) is 145 Å². The average Bonchev–Trinajstić information content (AvgIpc) is 4.41. The molecule has 16 nitrogen and oxygen atoms in total. The third-order valence-electron chi connectivity index (χ3n) is 17.2. The molecule has 0 radical (unpaired) electrons. The molecule has 420 valence electrons. The Morgan fingerprint density at radius 2 is 1.62 bits per heavy atom. The summed E-state index contributed by atoms with van der Waals surface area (Å²) in [5.41, 5.74) is 11.9. The standard InChI is InChI=1S/C61H78FN11O5S/c1-39-19-21-42(22-20-39)56(76)49-38-79-59(67-49)51-18-14-29-72(51)61(78)47(35-54(75)40(2)64-3)41-25-31-70(32-26-41)27-11-9-7-6-8-10-15-45(74)16-12-30-73-53-37-69(5)60(77)46-24-23-44(62)34-48(46)50-17-13-28-71(50)52-33-43(36-66-57(52)63)55(53)58(65-4)68-73/h19-24,33-34,36,40-41,47,49-51,64H,6-18,25-32,35,37-38H2,1-3,5H3,(H2,63,66)/t40-,47-,49?,50-,51-/m1/s1. The lowest BCUT2D eigenvalue weighted by atomic mass is 9.79. The first-order chi connectivity index (χ1) is 38.2. The topological polar surface area (TPSA) is 184 Å². The van der Waals surface area contributed by atoms with E-state index in [1.165, 1.54) is 12.1 Å². The zero-order valence-electron chi connectivity index (χ0n) is 46.6. The van der Waals surface area contributed by atoms with Crippen LogP contribution >= 0.6 is 11.8 Å². The van der Waals surface area contributed by atoms with Gasteiger partial charge in [-0.3, -0.25) is 29.0 Å². The van der Waals surface area contributed by atoms with Crippen LogP contribution in [0.1, 0.15) is 153 Å². The number of aliphatic imine (C=N–C) groups is 1. The van der Waals surface area contributed by atoms with Gasteiger partial charge in [-0.1, -0.05) is 62.1 Å². The number of carbonyl (C=O) groups is 5. The molecule has 2 aromatic heterocycles. The first-order valence-electron chi connectivity index (χ1n) is 28.8. The minimum atomic E-state index is -0.451. The largest absolute Gasteiger partial charge is 0.382 e. The number of fused-ring (bicyclic) bond motifs is 8. The highest BCUT2D eigenvalue weighted by Gasteiger charge is 2.43. The van der Waals surface area contributed by atoms with E-state index in [0.29, 0.717) is 96.1 Å². The number of likely N-dealkylation sites (N-methyl/N-ethyl adjacent to an activating group) is 1. The van der Waals surface area contributed by atoms with Crippen LogP contribution in [0.25, 0.3) is 16.0 Å². The lowest BCUT2D eigenvalue weighted by Crippen LogP contribution is -2.48. The number of aromatic nitrogens is 3. The fraction of sp³-hybridized carbons (Fsp3) is 0.557. The van der Waals surface area contributed by atoms with Crippen LogP contribution in [-0.4, -0.2) is 134 Å². The van der Waals surface area contributed by atoms with Crippen molar-refractivity contribution >= 4 is 63.3 Å². The van der Waals surface area contributed by atoms with Gasteiger partial charge in [-0.15, -0.1) is 11.8 Å². The van der Waals surface area contributed by atoms with E-state index in [0.717, 1.165) is 101 Å². The van der Waals surface area contributed by atoms with Crippen molar-refractivity contribution in [2.45, 2.75) is 154 Å². The van der Waals surface area contributed by atoms with Crippen molar-refractivity contribution in [2.75, 3.05) is 63.2 Å². The van der Waals surface area contributed by atoms with Crippen molar-refractivity contribution in [3.8, 4) is 11.1 Å². The molecule has 9 rings (SSSR count). The molecule has 2 bridgehead atoms. The van der Waals surface area contributed by atoms with Crippen LogP contribution in [0.4, 0.5) is 21.7 Å². The van der Waals surface area contributed by atoms with E-state index in [4.69, 9.17) is 22.4 Å². The SMILES string of the molecule is [C-]#[N+]c1nn(CCCC(=O)CCCCCCCCN2CCC([C@@H](CC(=O)[C@@H](C)NC)C(=O)N3CCC[C@@H]3C3=NC(C(=O)c4ccc(C)cc4)CS3)CC2)c2c1-c1cnc(N)c(c1)N1CCC[C@@H]1c1cc(F)ccc1C(=O)N(C)C2. The molecule has 4 aromatic rings. The predicted octanol–water partition coefficient (Wildman–Crippen LogP) is 9.82. The van der Waals surface area contributed by atoms with Gasteiger partial charge in [0.1, 0.15) is 29.2 Å². The minimum absolute atomic E-state index is 0.0174. The zero-order chi connectivity index (χ0) is 55.7. The Hall–Kier alpha value is -6.29. The van der Waals surface area contributed by atoms with Crippen molar-refractivity contribution in [3.63, 3.8) is 0 Å². The molecule has 3 saturated heterocycles. The van der Waals surface area contributed by atoms with Gasteiger partial charge in [0.25, 0.3) is 5.91 Å². The van der Waals surface area contributed by atoms with Crippen LogP contribution in [0, 0.1) is 31.1 Å². The highest BCUT2D eigenvalue weighted by molar-refractivity contribution is 8.14. The van der Waals surface area contributed by atoms with Gasteiger partial charge in [0.15, 0.2) is 5.78 Å². The van der Waals surface area contributed by atoms with Gasteiger partial charge in [-0.2, -0.15) is 4.68 Å². The molecular formula is C61H78FN11O5S. The van der Waals surface area contributed by atoms with Crippen LogP contribution < -0.4 is 16.0 Å². The number of nitrogens with zero attached hydrogens (tertiary/aromatic N) is 9. The minimum Gasteiger partial charge on any atom is -0.382 e. The molecule has 1 unspecified atom stereocenters. The number of unbranched alkanes of at least 4 members (excludes halogenated alkanes) is 5. The van der Waals surface area contributed by atoms with Crippen LogP contribution in [0.15, 0.2) is 59.7 Å². The Bertz CT molecular complexity index is 2950. The summed E-state index contributed by atoms with van der Waals surface area (Å²) in [6.07, 6.45) is 14.5. The van der Waals surface area contributed by atoms with E-state index in [1.807, 2.05) is 49.1 Å². The van der Waals surface area contributed by atoms with Gasteiger partial charge < -0.3 is 35.5 Å². The third-order valence-corrected chi connectivity index (χ3v) is 18.4. The summed E-state index contributed by atoms with van der Waals surface area (Å²) in [4.78, 5) is 90.3. The number of ketones is 3. The second-order valence-electron chi connectivity index (χ2n) is 22.5. The van der Waals surface area contributed by atoms with Gasteiger partial charge >= 0.3 is 5.82 Å². The summed E-state index contributed by atoms with van der Waals surface area (Å²) in [5.74, 6) is 0.479. The Morgan fingerprint density at radius 3 is 2.38 bits per heavy atom. The smallest absolute Gasteiger partial charge is 0.303 e. The number of nitrogens with two attached hydrogens (primary N) is 1. The fourth-order valence-corrected chi connectivity index (χ4v) is 13.7. The summed E-state index contributed by atoms with van der Waals surface area (Å²) < 4.78 is 16.6. The van der Waals surface area contributed by atoms with Crippen LogP contribution in [-0.2, 0) is 27.5 Å². The number of thioether (sulfide) groups is 1. The molecule has 79 heavy (non-hydrogen) atoms. The van der Waals surface area contributed by atoms with Gasteiger partial charge in [0, 0.05) is 74.0 Å². The van der Waals surface area contributed by atoms with Crippen molar-refractivity contribution in [1.29, 1.82) is 0 Å². The van der Waals surface area contributed by atoms with Crippen molar-refractivity contribution in [1.82, 2.24) is 34.8 Å². The number of anilines is 2. The van der Waals surface area contributed by atoms with Crippen molar-refractivity contribution < 1.29 is 28.4 Å². The maximum absolute atomic E-state index is 14.8. The summed E-state index contributed by atoms with van der Waals surface area (Å²) in [6.45, 7) is 16.6. The highest BCUT2D eigenvalue weighted by Crippen LogP contribution is 2.44. The number of piperidine rings is 1. The Morgan fingerprint density at radius 1 is 0.899 bits per heavy atom. The Balaban J connectivity index is 0.716. The van der Waals surface area contributed by atoms with Gasteiger partial charge in [-0.25, -0.2) is 9.37 Å². The molecule has 0 saturated carbocycles. The maximum atomic E-state index is 14.8. The van der Waals surface area contributed by atoms with E-state index in [-0.39, 0.29) is 77.9 Å². The molecule has 0 spiro atoms. The van der Waals surface area contributed by atoms with Gasteiger partial charge in [0.2, 0.25) is 5.91 Å². The zero-order valence-corrected chi connectivity index (χ0v) is 47.4. The molecule has 5 atom stereocenters. The number of halogens is 1. The second-order valence-corrected chi connectivity index (χ2v) is 23.6. The molecule has 0 aliphatic carbocycles.